The molecule has 0 atom stereocenters. The van der Waals surface area contributed by atoms with E-state index >= 15 is 0 Å². The van der Waals surface area contributed by atoms with Crippen molar-refractivity contribution in [3.8, 4) is 28.6 Å². The van der Waals surface area contributed by atoms with Crippen LogP contribution >= 0.6 is 11.6 Å². The van der Waals surface area contributed by atoms with Gasteiger partial charge in [-0.05, 0) is 18.2 Å². The molecule has 0 radical (unpaired) electrons. The molecule has 7 nitrogen and oxygen atoms in total. The van der Waals surface area contributed by atoms with Crippen molar-refractivity contribution in [1.29, 1.82) is 0 Å². The lowest BCUT2D eigenvalue weighted by atomic mass is 10.1. The molecule has 0 saturated heterocycles. The first-order valence-corrected chi connectivity index (χ1v) is 9.68. The van der Waals surface area contributed by atoms with Crippen LogP contribution in [0.15, 0.2) is 47.0 Å². The van der Waals surface area contributed by atoms with Crippen LogP contribution in [0.3, 0.4) is 0 Å². The van der Waals surface area contributed by atoms with E-state index in [1.807, 2.05) is 18.2 Å². The first-order chi connectivity index (χ1) is 14.5. The van der Waals surface area contributed by atoms with Crippen molar-refractivity contribution in [1.82, 2.24) is 10.3 Å². The number of hydrogen-bond acceptors (Lipinski definition) is 6. The Morgan fingerprint density at radius 1 is 1.07 bits per heavy atom. The molecule has 3 aromatic rings. The van der Waals surface area contributed by atoms with Crippen molar-refractivity contribution < 1.29 is 23.4 Å². The zero-order valence-corrected chi connectivity index (χ0v) is 17.8. The van der Waals surface area contributed by atoms with Gasteiger partial charge in [0.05, 0.1) is 32.5 Å². The lowest BCUT2D eigenvalue weighted by Crippen LogP contribution is -2.23. The summed E-state index contributed by atoms with van der Waals surface area (Å²) in [6.07, 6.45) is 2.22. The minimum atomic E-state index is -0.135. The number of nitrogens with one attached hydrogen (secondary N) is 1. The average Bonchev–Trinajstić information content (AvgIpc) is 3.24. The van der Waals surface area contributed by atoms with Gasteiger partial charge in [-0.3, -0.25) is 4.79 Å². The summed E-state index contributed by atoms with van der Waals surface area (Å²) >= 11 is 6.18. The van der Waals surface area contributed by atoms with Crippen LogP contribution in [-0.4, -0.2) is 32.2 Å². The minimum Gasteiger partial charge on any atom is -0.496 e. The van der Waals surface area contributed by atoms with Crippen LogP contribution in [0.2, 0.25) is 5.02 Å². The fourth-order valence-electron chi connectivity index (χ4n) is 2.94. The van der Waals surface area contributed by atoms with Gasteiger partial charge < -0.3 is 23.9 Å². The van der Waals surface area contributed by atoms with E-state index in [4.69, 9.17) is 30.2 Å². The average molecular weight is 431 g/mol. The highest BCUT2D eigenvalue weighted by atomic mass is 35.5. The summed E-state index contributed by atoms with van der Waals surface area (Å²) in [4.78, 5) is 16.5. The zero-order valence-electron chi connectivity index (χ0n) is 17.0. The van der Waals surface area contributed by atoms with E-state index in [0.717, 1.165) is 11.1 Å². The molecule has 158 valence electrons. The van der Waals surface area contributed by atoms with Gasteiger partial charge in [-0.2, -0.15) is 0 Å². The predicted molar refractivity (Wildman–Crippen MR) is 113 cm³/mol. The van der Waals surface area contributed by atoms with Crippen LogP contribution in [-0.2, 0) is 17.8 Å². The number of aryl methyl sites for hydroxylation is 1. The Bertz CT molecular complexity index is 1020. The van der Waals surface area contributed by atoms with Crippen molar-refractivity contribution in [2.75, 3.05) is 21.3 Å². The van der Waals surface area contributed by atoms with E-state index in [1.54, 1.807) is 45.7 Å². The number of halogens is 1. The number of aromatic nitrogens is 1. The summed E-state index contributed by atoms with van der Waals surface area (Å²) in [5.74, 6) is 2.64. The molecular formula is C22H23ClN2O5. The molecule has 1 aromatic heterocycles. The summed E-state index contributed by atoms with van der Waals surface area (Å²) in [5.41, 5.74) is 1.54. The Labute approximate surface area is 179 Å². The quantitative estimate of drug-likeness (QED) is 0.546. The summed E-state index contributed by atoms with van der Waals surface area (Å²) in [6.45, 7) is 0.290. The summed E-state index contributed by atoms with van der Waals surface area (Å²) in [7, 11) is 4.67. The first-order valence-electron chi connectivity index (χ1n) is 9.31. The van der Waals surface area contributed by atoms with Crippen molar-refractivity contribution >= 4 is 17.5 Å². The van der Waals surface area contributed by atoms with Gasteiger partial charge in [-0.15, -0.1) is 0 Å². The summed E-state index contributed by atoms with van der Waals surface area (Å²) in [5, 5.41) is 3.46. The van der Waals surface area contributed by atoms with Gasteiger partial charge in [0.1, 0.15) is 5.75 Å². The zero-order chi connectivity index (χ0) is 21.5. The lowest BCUT2D eigenvalue weighted by molar-refractivity contribution is -0.121. The van der Waals surface area contributed by atoms with Crippen LogP contribution in [0, 0.1) is 0 Å². The van der Waals surface area contributed by atoms with Crippen molar-refractivity contribution in [2.24, 2.45) is 0 Å². The number of amides is 1. The van der Waals surface area contributed by atoms with Crippen LogP contribution in [0.4, 0.5) is 0 Å². The Kier molecular flexibility index (Phi) is 7.19. The van der Waals surface area contributed by atoms with E-state index in [2.05, 4.69) is 10.3 Å². The molecule has 0 fully saturated rings. The number of methoxy groups -OCH3 is 3. The van der Waals surface area contributed by atoms with Gasteiger partial charge >= 0.3 is 0 Å². The Morgan fingerprint density at radius 3 is 2.47 bits per heavy atom. The van der Waals surface area contributed by atoms with Crippen LogP contribution in [0.5, 0.6) is 17.2 Å². The van der Waals surface area contributed by atoms with Crippen molar-refractivity contribution in [2.45, 2.75) is 19.4 Å². The van der Waals surface area contributed by atoms with Gasteiger partial charge in [-0.1, -0.05) is 23.7 Å². The maximum absolute atomic E-state index is 12.3. The lowest BCUT2D eigenvalue weighted by Gasteiger charge is -2.14. The minimum absolute atomic E-state index is 0.135. The molecule has 0 bridgehead atoms. The second kappa shape index (κ2) is 10.0. The molecule has 1 heterocycles. The molecule has 1 N–H and O–H groups in total. The highest BCUT2D eigenvalue weighted by molar-refractivity contribution is 6.33. The number of nitrogens with zero attached hydrogens (tertiary/aromatic N) is 1. The maximum Gasteiger partial charge on any atom is 0.220 e. The monoisotopic (exact) mass is 430 g/mol. The number of ether oxygens (including phenoxy) is 3. The third-order valence-electron chi connectivity index (χ3n) is 4.52. The molecule has 30 heavy (non-hydrogen) atoms. The third kappa shape index (κ3) is 5.04. The van der Waals surface area contributed by atoms with Gasteiger partial charge in [0.25, 0.3) is 0 Å². The Hall–Kier alpha value is -3.19. The molecule has 1 amide bonds. The van der Waals surface area contributed by atoms with Gasteiger partial charge in [0.2, 0.25) is 5.91 Å². The third-order valence-corrected chi connectivity index (χ3v) is 4.85. The van der Waals surface area contributed by atoms with Gasteiger partial charge in [0, 0.05) is 36.6 Å². The molecule has 2 aromatic carbocycles. The fraction of sp³-hybridized carbons (Fsp3) is 0.273. The molecule has 0 aliphatic heterocycles. The normalized spacial score (nSPS) is 10.5. The largest absolute Gasteiger partial charge is 0.496 e. The highest BCUT2D eigenvalue weighted by Crippen LogP contribution is 2.34. The number of benzene rings is 2. The number of oxazole rings is 1. The van der Waals surface area contributed by atoms with E-state index in [9.17, 15) is 4.79 Å². The van der Waals surface area contributed by atoms with Gasteiger partial charge in [-0.25, -0.2) is 4.98 Å². The number of carbonyl (C=O) groups excluding carboxylic acids is 1. The molecular weight excluding hydrogens is 408 g/mol. The van der Waals surface area contributed by atoms with Crippen LogP contribution in [0.1, 0.15) is 17.9 Å². The van der Waals surface area contributed by atoms with Crippen LogP contribution < -0.4 is 19.5 Å². The van der Waals surface area contributed by atoms with E-state index in [1.165, 1.54) is 0 Å². The van der Waals surface area contributed by atoms with Crippen molar-refractivity contribution in [3.05, 3.63) is 59.1 Å². The maximum atomic E-state index is 12.3. The molecule has 0 saturated carbocycles. The SMILES string of the molecule is COc1cc(OC)c(OC)cc1CNC(=O)CCc1ncc(-c2ccccc2Cl)o1. The number of rotatable bonds is 9. The van der Waals surface area contributed by atoms with Gasteiger partial charge in [0.15, 0.2) is 23.1 Å². The molecule has 3 rings (SSSR count). The molecule has 0 aliphatic carbocycles. The Morgan fingerprint density at radius 2 is 1.77 bits per heavy atom. The van der Waals surface area contributed by atoms with E-state index in [-0.39, 0.29) is 12.3 Å². The van der Waals surface area contributed by atoms with Crippen LogP contribution in [0.25, 0.3) is 11.3 Å². The number of carbonyl (C=O) groups is 1. The number of hydrogen-bond donors (Lipinski definition) is 1. The molecule has 0 spiro atoms. The fourth-order valence-corrected chi connectivity index (χ4v) is 3.17. The standard InChI is InChI=1S/C22H23ClN2O5/c1-27-17-11-19(29-3)18(28-2)10-14(17)12-24-21(26)8-9-22-25-13-20(30-22)15-6-4-5-7-16(15)23/h4-7,10-11,13H,8-9,12H2,1-3H3,(H,24,26). The summed E-state index contributed by atoms with van der Waals surface area (Å²) < 4.78 is 21.7. The molecule has 8 heteroatoms. The molecule has 0 unspecified atom stereocenters. The highest BCUT2D eigenvalue weighted by Gasteiger charge is 2.14. The topological polar surface area (TPSA) is 82.8 Å². The van der Waals surface area contributed by atoms with E-state index in [0.29, 0.717) is 46.9 Å². The second-order valence-corrected chi connectivity index (χ2v) is 6.80. The van der Waals surface area contributed by atoms with Crippen molar-refractivity contribution in [3.63, 3.8) is 0 Å². The molecule has 0 aliphatic rings. The first kappa shape index (κ1) is 21.5. The smallest absolute Gasteiger partial charge is 0.220 e. The van der Waals surface area contributed by atoms with E-state index < -0.39 is 0 Å². The Balaban J connectivity index is 1.58. The predicted octanol–water partition coefficient (Wildman–Crippen LogP) is 4.27. The second-order valence-electron chi connectivity index (χ2n) is 6.39. The summed E-state index contributed by atoms with van der Waals surface area (Å²) in [6, 6.07) is 10.9.